The highest BCUT2D eigenvalue weighted by Crippen LogP contribution is 2.22. The molecule has 2 heterocycles. The molecular weight excluding hydrogens is 271 g/mol. The number of benzene rings is 1. The van der Waals surface area contributed by atoms with Gasteiger partial charge in [0.15, 0.2) is 5.82 Å². The van der Waals surface area contributed by atoms with E-state index in [1.807, 2.05) is 6.07 Å². The van der Waals surface area contributed by atoms with Crippen LogP contribution in [0.4, 0.5) is 4.39 Å². The van der Waals surface area contributed by atoms with E-state index in [-0.39, 0.29) is 5.82 Å². The van der Waals surface area contributed by atoms with E-state index in [0.717, 1.165) is 0 Å². The van der Waals surface area contributed by atoms with Crippen LogP contribution >= 0.6 is 0 Å². The average molecular weight is 280 g/mol. The lowest BCUT2D eigenvalue weighted by atomic mass is 10.1. The summed E-state index contributed by atoms with van der Waals surface area (Å²) in [7, 11) is 1.73. The van der Waals surface area contributed by atoms with Crippen molar-refractivity contribution in [1.29, 1.82) is 5.26 Å². The zero-order valence-corrected chi connectivity index (χ0v) is 11.0. The Labute approximate surface area is 119 Å². The number of rotatable bonds is 2. The summed E-state index contributed by atoms with van der Waals surface area (Å²) in [5.74, 6) is 0.0659. The van der Waals surface area contributed by atoms with Crippen LogP contribution in [0, 0.1) is 17.1 Å². The molecule has 0 aliphatic heterocycles. The molecule has 0 amide bonds. The van der Waals surface area contributed by atoms with Gasteiger partial charge in [0.25, 0.3) is 0 Å². The fraction of sp³-hybridized carbons (Fsp3) is 0.0714. The van der Waals surface area contributed by atoms with Gasteiger partial charge in [-0.25, -0.2) is 14.4 Å². The first-order chi connectivity index (χ1) is 10.2. The largest absolute Gasteiger partial charge is 0.255 e. The molecule has 0 aliphatic rings. The third-order valence-corrected chi connectivity index (χ3v) is 2.86. The first-order valence-electron chi connectivity index (χ1n) is 6.07. The zero-order valence-electron chi connectivity index (χ0n) is 11.0. The van der Waals surface area contributed by atoms with Crippen molar-refractivity contribution in [2.24, 2.45) is 7.05 Å². The van der Waals surface area contributed by atoms with Crippen molar-refractivity contribution in [2.75, 3.05) is 0 Å². The lowest BCUT2D eigenvalue weighted by Crippen LogP contribution is -1.96. The first-order valence-corrected chi connectivity index (χ1v) is 6.07. The molecule has 0 aliphatic carbocycles. The summed E-state index contributed by atoms with van der Waals surface area (Å²) >= 11 is 0. The predicted molar refractivity (Wildman–Crippen MR) is 72.1 cm³/mol. The van der Waals surface area contributed by atoms with Crippen molar-refractivity contribution in [3.63, 3.8) is 0 Å². The molecule has 3 aromatic rings. The standard InChI is InChI=1S/C14H9FN6/c1-21-8-12(19-20-21)13-10(6-16)7-17-14(18-13)9-2-4-11(15)5-3-9/h2-5,7-8H,1H3. The molecule has 21 heavy (non-hydrogen) atoms. The Morgan fingerprint density at radius 2 is 2.00 bits per heavy atom. The van der Waals surface area contributed by atoms with Gasteiger partial charge in [-0.15, -0.1) is 5.10 Å². The summed E-state index contributed by atoms with van der Waals surface area (Å²) < 4.78 is 14.5. The predicted octanol–water partition coefficient (Wildman–Crippen LogP) is 1.95. The highest BCUT2D eigenvalue weighted by atomic mass is 19.1. The fourth-order valence-corrected chi connectivity index (χ4v) is 1.85. The summed E-state index contributed by atoms with van der Waals surface area (Å²) in [6.45, 7) is 0. The third kappa shape index (κ3) is 2.47. The number of hydrogen-bond acceptors (Lipinski definition) is 5. The topological polar surface area (TPSA) is 80.3 Å². The maximum absolute atomic E-state index is 13.0. The summed E-state index contributed by atoms with van der Waals surface area (Å²) in [5.41, 5.74) is 1.85. The smallest absolute Gasteiger partial charge is 0.159 e. The number of halogens is 1. The van der Waals surface area contributed by atoms with E-state index in [1.54, 1.807) is 25.4 Å². The quantitative estimate of drug-likeness (QED) is 0.716. The van der Waals surface area contributed by atoms with Crippen LogP contribution in [0.15, 0.2) is 36.7 Å². The highest BCUT2D eigenvalue weighted by Gasteiger charge is 2.13. The van der Waals surface area contributed by atoms with E-state index in [4.69, 9.17) is 5.26 Å². The molecule has 7 heteroatoms. The van der Waals surface area contributed by atoms with Gasteiger partial charge in [0, 0.05) is 18.8 Å². The summed E-state index contributed by atoms with van der Waals surface area (Å²) in [6, 6.07) is 7.85. The van der Waals surface area contributed by atoms with Crippen molar-refractivity contribution in [2.45, 2.75) is 0 Å². The van der Waals surface area contributed by atoms with Crippen LogP contribution in [-0.2, 0) is 7.05 Å². The van der Waals surface area contributed by atoms with E-state index in [2.05, 4.69) is 20.3 Å². The molecule has 0 saturated carbocycles. The zero-order chi connectivity index (χ0) is 14.8. The molecule has 3 rings (SSSR count). The second-order valence-electron chi connectivity index (χ2n) is 4.35. The van der Waals surface area contributed by atoms with Crippen LogP contribution in [-0.4, -0.2) is 25.0 Å². The number of aryl methyl sites for hydroxylation is 1. The maximum Gasteiger partial charge on any atom is 0.159 e. The molecule has 102 valence electrons. The second kappa shape index (κ2) is 5.09. The number of aromatic nitrogens is 5. The number of nitrogens with zero attached hydrogens (tertiary/aromatic N) is 6. The van der Waals surface area contributed by atoms with Gasteiger partial charge < -0.3 is 0 Å². The second-order valence-corrected chi connectivity index (χ2v) is 4.35. The molecule has 0 unspecified atom stereocenters. The van der Waals surface area contributed by atoms with Crippen molar-refractivity contribution < 1.29 is 4.39 Å². The Hall–Kier alpha value is -3.14. The van der Waals surface area contributed by atoms with Crippen LogP contribution in [0.1, 0.15) is 5.56 Å². The van der Waals surface area contributed by atoms with Gasteiger partial charge in [0.1, 0.15) is 23.3 Å². The van der Waals surface area contributed by atoms with Crippen molar-refractivity contribution >= 4 is 0 Å². The minimum Gasteiger partial charge on any atom is -0.255 e. The minimum atomic E-state index is -0.332. The number of nitriles is 1. The van der Waals surface area contributed by atoms with Crippen LogP contribution < -0.4 is 0 Å². The van der Waals surface area contributed by atoms with Crippen molar-refractivity contribution in [3.8, 4) is 28.8 Å². The van der Waals surface area contributed by atoms with Gasteiger partial charge in [-0.1, -0.05) is 5.21 Å². The maximum atomic E-state index is 13.0. The molecule has 2 aromatic heterocycles. The van der Waals surface area contributed by atoms with Crippen molar-refractivity contribution in [3.05, 3.63) is 48.0 Å². The Morgan fingerprint density at radius 3 is 2.62 bits per heavy atom. The molecule has 1 aromatic carbocycles. The molecular formula is C14H9FN6. The van der Waals surface area contributed by atoms with Crippen LogP contribution in [0.5, 0.6) is 0 Å². The third-order valence-electron chi connectivity index (χ3n) is 2.86. The molecule has 6 nitrogen and oxygen atoms in total. The lowest BCUT2D eigenvalue weighted by Gasteiger charge is -2.03. The Balaban J connectivity index is 2.13. The van der Waals surface area contributed by atoms with E-state index in [0.29, 0.717) is 28.3 Å². The van der Waals surface area contributed by atoms with Crippen LogP contribution in [0.2, 0.25) is 0 Å². The molecule has 0 fully saturated rings. The van der Waals surface area contributed by atoms with Crippen molar-refractivity contribution in [1.82, 2.24) is 25.0 Å². The Kier molecular flexibility index (Phi) is 3.12. The lowest BCUT2D eigenvalue weighted by molar-refractivity contribution is 0.628. The van der Waals surface area contributed by atoms with Gasteiger partial charge in [-0.2, -0.15) is 5.26 Å². The van der Waals surface area contributed by atoms with Gasteiger partial charge in [0.05, 0.1) is 11.8 Å². The normalized spacial score (nSPS) is 10.3. The molecule has 0 bridgehead atoms. The molecule has 0 atom stereocenters. The summed E-state index contributed by atoms with van der Waals surface area (Å²) in [5, 5.41) is 16.9. The van der Waals surface area contributed by atoms with Gasteiger partial charge in [0.2, 0.25) is 0 Å². The summed E-state index contributed by atoms with van der Waals surface area (Å²) in [4.78, 5) is 8.49. The van der Waals surface area contributed by atoms with Gasteiger partial charge in [-0.3, -0.25) is 4.68 Å². The first kappa shape index (κ1) is 12.9. The van der Waals surface area contributed by atoms with E-state index in [1.165, 1.54) is 23.0 Å². The monoisotopic (exact) mass is 280 g/mol. The van der Waals surface area contributed by atoms with Crippen LogP contribution in [0.25, 0.3) is 22.8 Å². The summed E-state index contributed by atoms with van der Waals surface area (Å²) in [6.07, 6.45) is 3.09. The van der Waals surface area contributed by atoms with E-state index < -0.39 is 0 Å². The van der Waals surface area contributed by atoms with Gasteiger partial charge >= 0.3 is 0 Å². The fourth-order valence-electron chi connectivity index (χ4n) is 1.85. The molecule has 0 spiro atoms. The molecule has 0 radical (unpaired) electrons. The Bertz CT molecular complexity index is 831. The number of hydrogen-bond donors (Lipinski definition) is 0. The Morgan fingerprint density at radius 1 is 1.24 bits per heavy atom. The molecule has 0 saturated heterocycles. The van der Waals surface area contributed by atoms with Gasteiger partial charge in [-0.05, 0) is 24.3 Å². The minimum absolute atomic E-state index is 0.307. The molecule has 0 N–H and O–H groups in total. The van der Waals surface area contributed by atoms with E-state index >= 15 is 0 Å². The highest BCUT2D eigenvalue weighted by molar-refractivity contribution is 5.65. The van der Waals surface area contributed by atoms with E-state index in [9.17, 15) is 4.39 Å². The average Bonchev–Trinajstić information content (AvgIpc) is 2.94. The van der Waals surface area contributed by atoms with Crippen LogP contribution in [0.3, 0.4) is 0 Å². The SMILES string of the molecule is Cn1cc(-c2nc(-c3ccc(F)cc3)ncc2C#N)nn1.